The Bertz CT molecular complexity index is 866. The standard InChI is InChI=1S/C22H23NO3S/c1-2-23-13-7-11-18(26-21(24)25)20(23)22(23)16-9-4-3-8-15(16)14-27-19-12-6-5-10-17(19)22/h3-6,8-10,12,18,20H,2,7,11,13-14H2,1H3/p+1/t18?,20?,22-,23-/m1/s1. The molecule has 2 fully saturated rings. The molecule has 27 heavy (non-hydrogen) atoms. The summed E-state index contributed by atoms with van der Waals surface area (Å²) in [5.41, 5.74) is 3.90. The van der Waals surface area contributed by atoms with Crippen molar-refractivity contribution in [2.24, 2.45) is 0 Å². The van der Waals surface area contributed by atoms with Gasteiger partial charge in [0.05, 0.1) is 13.1 Å². The Morgan fingerprint density at radius 3 is 2.74 bits per heavy atom. The molecule has 0 bridgehead atoms. The molecular weight excluding hydrogens is 358 g/mol. The summed E-state index contributed by atoms with van der Waals surface area (Å²) in [4.78, 5) is 12.7. The molecule has 3 aliphatic heterocycles. The van der Waals surface area contributed by atoms with E-state index in [0.29, 0.717) is 0 Å². The van der Waals surface area contributed by atoms with E-state index in [4.69, 9.17) is 4.74 Å². The lowest BCUT2D eigenvalue weighted by atomic mass is 9.83. The molecule has 5 heteroatoms. The Balaban J connectivity index is 1.79. The van der Waals surface area contributed by atoms with Crippen LogP contribution in [0.15, 0.2) is 53.4 Å². The van der Waals surface area contributed by atoms with Gasteiger partial charge >= 0.3 is 6.16 Å². The van der Waals surface area contributed by atoms with Crippen molar-refractivity contribution < 1.29 is 19.1 Å². The number of rotatable bonds is 2. The summed E-state index contributed by atoms with van der Waals surface area (Å²) in [6.07, 6.45) is 0.417. The molecule has 4 atom stereocenters. The van der Waals surface area contributed by atoms with Gasteiger partial charge in [0, 0.05) is 28.2 Å². The maximum absolute atomic E-state index is 11.4. The van der Waals surface area contributed by atoms with Gasteiger partial charge in [0.15, 0.2) is 12.1 Å². The molecule has 4 nitrogen and oxygen atoms in total. The van der Waals surface area contributed by atoms with E-state index in [1.165, 1.54) is 21.6 Å². The largest absolute Gasteiger partial charge is 0.506 e. The molecular formula is C22H24NO3S+. The van der Waals surface area contributed by atoms with Crippen LogP contribution >= 0.6 is 11.8 Å². The number of ether oxygens (including phenoxy) is 1. The lowest BCUT2D eigenvalue weighted by Crippen LogP contribution is -2.42. The zero-order valence-electron chi connectivity index (χ0n) is 15.4. The van der Waals surface area contributed by atoms with Crippen molar-refractivity contribution in [1.29, 1.82) is 0 Å². The first kappa shape index (κ1) is 17.1. The second-order valence-corrected chi connectivity index (χ2v) is 8.81. The number of carbonyl (C=O) groups is 1. The second kappa shape index (κ2) is 6.01. The van der Waals surface area contributed by atoms with Crippen molar-refractivity contribution in [3.05, 3.63) is 65.2 Å². The predicted molar refractivity (Wildman–Crippen MR) is 105 cm³/mol. The van der Waals surface area contributed by atoms with E-state index in [0.717, 1.165) is 36.2 Å². The maximum Gasteiger partial charge on any atom is 0.506 e. The number of carboxylic acid groups (broad SMARTS) is 1. The summed E-state index contributed by atoms with van der Waals surface area (Å²) in [6.45, 7) is 4.31. The molecule has 2 aromatic carbocycles. The molecule has 1 N–H and O–H groups in total. The van der Waals surface area contributed by atoms with Crippen LogP contribution in [0.2, 0.25) is 0 Å². The molecule has 2 aromatic rings. The van der Waals surface area contributed by atoms with E-state index in [2.05, 4.69) is 55.5 Å². The summed E-state index contributed by atoms with van der Waals surface area (Å²) in [5.74, 6) is 0.954. The molecule has 0 aliphatic carbocycles. The highest BCUT2D eigenvalue weighted by atomic mass is 32.2. The van der Waals surface area contributed by atoms with Crippen molar-refractivity contribution in [2.45, 2.75) is 48.1 Å². The van der Waals surface area contributed by atoms with Crippen LogP contribution in [0.25, 0.3) is 0 Å². The first-order chi connectivity index (χ1) is 13.1. The van der Waals surface area contributed by atoms with E-state index in [1.54, 1.807) is 0 Å². The molecule has 5 rings (SSSR count). The van der Waals surface area contributed by atoms with E-state index < -0.39 is 6.16 Å². The Kier molecular flexibility index (Phi) is 3.82. The third kappa shape index (κ3) is 2.13. The van der Waals surface area contributed by atoms with Gasteiger partial charge in [-0.3, -0.25) is 4.48 Å². The highest BCUT2D eigenvalue weighted by Gasteiger charge is 2.84. The normalized spacial score (nSPS) is 33.4. The fourth-order valence-corrected chi connectivity index (χ4v) is 7.19. The summed E-state index contributed by atoms with van der Waals surface area (Å²) in [5, 5.41) is 9.36. The van der Waals surface area contributed by atoms with Gasteiger partial charge in [-0.15, -0.1) is 11.8 Å². The van der Waals surface area contributed by atoms with E-state index in [9.17, 15) is 9.90 Å². The topological polar surface area (TPSA) is 46.5 Å². The Morgan fingerprint density at radius 1 is 1.22 bits per heavy atom. The first-order valence-electron chi connectivity index (χ1n) is 9.72. The van der Waals surface area contributed by atoms with Gasteiger partial charge < -0.3 is 9.84 Å². The van der Waals surface area contributed by atoms with E-state index >= 15 is 0 Å². The predicted octanol–water partition coefficient (Wildman–Crippen LogP) is 4.61. The molecule has 0 amide bonds. The minimum absolute atomic E-state index is 0.161. The van der Waals surface area contributed by atoms with Crippen LogP contribution in [0.1, 0.15) is 36.5 Å². The SMILES string of the molecule is CC[N@@+]12CCCC(OC(=O)O)C1[C@]21c2ccccc2CSc2ccccc21. The number of hydrogen-bond donors (Lipinski definition) is 1. The van der Waals surface area contributed by atoms with Gasteiger partial charge in [0.25, 0.3) is 0 Å². The van der Waals surface area contributed by atoms with Gasteiger partial charge in [0.2, 0.25) is 5.54 Å². The van der Waals surface area contributed by atoms with Gasteiger partial charge in [-0.1, -0.05) is 42.5 Å². The summed E-state index contributed by atoms with van der Waals surface area (Å²) in [7, 11) is 0. The number of fused-ring (bicyclic) bond motifs is 7. The highest BCUT2D eigenvalue weighted by molar-refractivity contribution is 7.98. The minimum Gasteiger partial charge on any atom is -0.450 e. The third-order valence-corrected chi connectivity index (χ3v) is 8.04. The fraction of sp³-hybridized carbons (Fsp3) is 0.409. The lowest BCUT2D eigenvalue weighted by molar-refractivity contribution is -0.846. The number of hydrogen-bond acceptors (Lipinski definition) is 3. The highest BCUT2D eigenvalue weighted by Crippen LogP contribution is 2.68. The molecule has 3 aliphatic rings. The quantitative estimate of drug-likeness (QED) is 0.468. The maximum atomic E-state index is 11.4. The van der Waals surface area contributed by atoms with Crippen LogP contribution in [-0.2, 0) is 16.0 Å². The van der Waals surface area contributed by atoms with Gasteiger partial charge in [-0.2, -0.15) is 0 Å². The number of nitrogens with zero attached hydrogens (tertiary/aromatic N) is 1. The van der Waals surface area contributed by atoms with Crippen molar-refractivity contribution in [2.75, 3.05) is 13.1 Å². The average Bonchev–Trinajstić information content (AvgIpc) is 3.35. The first-order valence-corrected chi connectivity index (χ1v) is 10.7. The number of benzene rings is 2. The zero-order chi connectivity index (χ0) is 18.6. The molecule has 3 heterocycles. The Labute approximate surface area is 163 Å². The lowest BCUT2D eigenvalue weighted by Gasteiger charge is -2.29. The molecule has 2 saturated heterocycles. The number of piperidine rings is 1. The van der Waals surface area contributed by atoms with Gasteiger partial charge in [0.1, 0.15) is 0 Å². The van der Waals surface area contributed by atoms with Crippen molar-refractivity contribution in [3.63, 3.8) is 0 Å². The molecule has 0 radical (unpaired) electrons. The van der Waals surface area contributed by atoms with Crippen LogP contribution < -0.4 is 0 Å². The van der Waals surface area contributed by atoms with Crippen LogP contribution in [0, 0.1) is 0 Å². The average molecular weight is 383 g/mol. The molecule has 0 aromatic heterocycles. The smallest absolute Gasteiger partial charge is 0.450 e. The summed E-state index contributed by atoms with van der Waals surface area (Å²) < 4.78 is 6.38. The van der Waals surface area contributed by atoms with E-state index in [-0.39, 0.29) is 17.7 Å². The summed E-state index contributed by atoms with van der Waals surface area (Å²) in [6, 6.07) is 17.6. The van der Waals surface area contributed by atoms with Crippen LogP contribution in [0.3, 0.4) is 0 Å². The third-order valence-electron chi connectivity index (χ3n) is 6.92. The molecule has 1 spiro atoms. The number of thioether (sulfide) groups is 1. The van der Waals surface area contributed by atoms with Crippen LogP contribution in [-0.4, -0.2) is 41.0 Å². The van der Waals surface area contributed by atoms with E-state index in [1.807, 2.05) is 11.8 Å². The minimum atomic E-state index is -1.15. The molecule has 2 unspecified atom stereocenters. The number of likely N-dealkylation sites (N-methyl/N-ethyl adjacent to an activating group) is 1. The fourth-order valence-electron chi connectivity index (χ4n) is 6.07. The zero-order valence-corrected chi connectivity index (χ0v) is 16.2. The molecule has 140 valence electrons. The van der Waals surface area contributed by atoms with Crippen molar-refractivity contribution in [1.82, 2.24) is 0 Å². The van der Waals surface area contributed by atoms with Crippen molar-refractivity contribution in [3.8, 4) is 0 Å². The Hall–Kier alpha value is -1.98. The Morgan fingerprint density at radius 2 is 1.96 bits per heavy atom. The second-order valence-electron chi connectivity index (χ2n) is 7.79. The van der Waals surface area contributed by atoms with Crippen molar-refractivity contribution >= 4 is 17.9 Å². The van der Waals surface area contributed by atoms with Crippen LogP contribution in [0.4, 0.5) is 4.79 Å². The van der Waals surface area contributed by atoms with Crippen LogP contribution in [0.5, 0.6) is 0 Å². The molecule has 0 saturated carbocycles. The number of quaternary nitrogens is 1. The van der Waals surface area contributed by atoms with Gasteiger partial charge in [-0.05, 0) is 25.0 Å². The summed E-state index contributed by atoms with van der Waals surface area (Å²) >= 11 is 1.90. The monoisotopic (exact) mass is 382 g/mol. The van der Waals surface area contributed by atoms with Gasteiger partial charge in [-0.25, -0.2) is 4.79 Å².